The van der Waals surface area contributed by atoms with Crippen LogP contribution in [0, 0.1) is 6.92 Å². The lowest BCUT2D eigenvalue weighted by molar-refractivity contribution is 0.282. The fourth-order valence-corrected chi connectivity index (χ4v) is 3.21. The minimum atomic E-state index is 0.00103. The van der Waals surface area contributed by atoms with E-state index in [-0.39, 0.29) is 5.41 Å². The van der Waals surface area contributed by atoms with Gasteiger partial charge < -0.3 is 4.74 Å². The maximum absolute atomic E-state index is 5.66. The number of aromatic nitrogens is 1. The van der Waals surface area contributed by atoms with Crippen molar-refractivity contribution >= 4 is 23.5 Å². The summed E-state index contributed by atoms with van der Waals surface area (Å²) in [6.45, 7) is 12.6. The molecule has 0 bridgehead atoms. The fraction of sp³-hybridized carbons (Fsp3) is 0.476. The number of pyridine rings is 1. The molecule has 5 nitrogen and oxygen atoms in total. The number of aryl methyl sites for hydroxylation is 1. The Morgan fingerprint density at radius 1 is 1.31 bits per heavy atom. The van der Waals surface area contributed by atoms with Gasteiger partial charge in [-0.3, -0.25) is 5.32 Å². The average molecular weight is 352 g/mol. The van der Waals surface area contributed by atoms with Crippen molar-refractivity contribution in [2.24, 2.45) is 10.2 Å². The van der Waals surface area contributed by atoms with E-state index in [1.807, 2.05) is 13.1 Å². The van der Waals surface area contributed by atoms with Gasteiger partial charge in [-0.2, -0.15) is 5.10 Å². The number of nitrogens with zero attached hydrogens (tertiary/aromatic N) is 3. The molecule has 0 aliphatic heterocycles. The Morgan fingerprint density at radius 3 is 2.62 bits per heavy atom. The molecule has 1 N–H and O–H groups in total. The summed E-state index contributed by atoms with van der Waals surface area (Å²) in [5.41, 5.74) is 5.57. The van der Waals surface area contributed by atoms with E-state index in [0.717, 1.165) is 5.52 Å². The molecular formula is C21H28N4O. The van der Waals surface area contributed by atoms with Crippen LogP contribution in [0.3, 0.4) is 0 Å². The number of benzene rings is 1. The van der Waals surface area contributed by atoms with Crippen molar-refractivity contribution in [1.29, 1.82) is 0 Å². The minimum Gasteiger partial charge on any atom is -0.459 e. The van der Waals surface area contributed by atoms with E-state index in [2.05, 4.69) is 62.1 Å². The zero-order chi connectivity index (χ0) is 18.9. The Hall–Kier alpha value is -2.27. The first-order valence-corrected chi connectivity index (χ1v) is 9.12. The summed E-state index contributed by atoms with van der Waals surface area (Å²) in [7, 11) is 1.81. The first kappa shape index (κ1) is 18.5. The van der Waals surface area contributed by atoms with Gasteiger partial charge in [-0.1, -0.05) is 26.8 Å². The molecule has 0 amide bonds. The van der Waals surface area contributed by atoms with Crippen LogP contribution < -0.4 is 5.32 Å². The molecule has 1 aromatic carbocycles. The van der Waals surface area contributed by atoms with E-state index < -0.39 is 0 Å². The summed E-state index contributed by atoms with van der Waals surface area (Å²) in [5.74, 6) is 1.09. The third-order valence-corrected chi connectivity index (χ3v) is 4.73. The Kier molecular flexibility index (Phi) is 5.10. The predicted molar refractivity (Wildman–Crippen MR) is 108 cm³/mol. The summed E-state index contributed by atoms with van der Waals surface area (Å²) in [6, 6.07) is 6.67. The van der Waals surface area contributed by atoms with Crippen LogP contribution in [-0.2, 0) is 10.2 Å². The van der Waals surface area contributed by atoms with Crippen molar-refractivity contribution in [3.63, 3.8) is 0 Å². The van der Waals surface area contributed by atoms with Gasteiger partial charge in [0.2, 0.25) is 0 Å². The van der Waals surface area contributed by atoms with Crippen LogP contribution in [0.1, 0.15) is 61.9 Å². The zero-order valence-electron chi connectivity index (χ0n) is 16.4. The number of hydrogen-bond acceptors (Lipinski definition) is 5. The molecule has 138 valence electrons. The van der Waals surface area contributed by atoms with Gasteiger partial charge in [0.25, 0.3) is 5.90 Å². The highest BCUT2D eigenvalue weighted by atomic mass is 16.5. The summed E-state index contributed by atoms with van der Waals surface area (Å²) < 4.78 is 5.66. The summed E-state index contributed by atoms with van der Waals surface area (Å²) in [6.07, 6.45) is 2.58. The van der Waals surface area contributed by atoms with Crippen molar-refractivity contribution in [3.8, 4) is 0 Å². The third-order valence-electron chi connectivity index (χ3n) is 4.73. The Morgan fingerprint density at radius 2 is 2.04 bits per heavy atom. The largest absolute Gasteiger partial charge is 0.459 e. The molecule has 26 heavy (non-hydrogen) atoms. The first-order valence-electron chi connectivity index (χ1n) is 9.12. The minimum absolute atomic E-state index is 0.00103. The van der Waals surface area contributed by atoms with Gasteiger partial charge in [0.1, 0.15) is 12.4 Å². The van der Waals surface area contributed by atoms with Crippen LogP contribution >= 0.6 is 0 Å². The summed E-state index contributed by atoms with van der Waals surface area (Å²) in [5, 5.41) is 11.8. The number of nitrogens with one attached hydrogen (secondary N) is 1. The Balaban J connectivity index is 2.21. The molecular weight excluding hydrogens is 324 g/mol. The summed E-state index contributed by atoms with van der Waals surface area (Å²) in [4.78, 5) is 4.92. The zero-order valence-corrected chi connectivity index (χ0v) is 16.4. The maximum Gasteiger partial charge on any atom is 0.260 e. The molecule has 1 heterocycles. The van der Waals surface area contributed by atoms with Gasteiger partial charge in [0.05, 0.1) is 5.52 Å². The van der Waals surface area contributed by atoms with Crippen LogP contribution in [0.15, 0.2) is 28.4 Å². The molecule has 0 spiro atoms. The lowest BCUT2D eigenvalue weighted by Crippen LogP contribution is -2.19. The lowest BCUT2D eigenvalue weighted by atomic mass is 9.83. The topological polar surface area (TPSA) is 58.9 Å². The molecule has 0 radical (unpaired) electrons. The fourth-order valence-electron chi connectivity index (χ4n) is 3.21. The van der Waals surface area contributed by atoms with E-state index >= 15 is 0 Å². The van der Waals surface area contributed by atoms with Crippen molar-refractivity contribution < 1.29 is 4.74 Å². The highest BCUT2D eigenvalue weighted by Crippen LogP contribution is 2.43. The quantitative estimate of drug-likeness (QED) is 0.378. The van der Waals surface area contributed by atoms with Crippen LogP contribution in [0.2, 0.25) is 0 Å². The van der Waals surface area contributed by atoms with Crippen LogP contribution in [0.4, 0.5) is 0 Å². The van der Waals surface area contributed by atoms with Crippen LogP contribution in [0.25, 0.3) is 10.9 Å². The lowest BCUT2D eigenvalue weighted by Gasteiger charge is -2.23. The molecule has 1 aliphatic carbocycles. The maximum atomic E-state index is 5.66. The summed E-state index contributed by atoms with van der Waals surface area (Å²) >= 11 is 0. The second-order valence-corrected chi connectivity index (χ2v) is 8.00. The van der Waals surface area contributed by atoms with Crippen LogP contribution in [0.5, 0.6) is 0 Å². The molecule has 1 aliphatic rings. The van der Waals surface area contributed by atoms with Crippen LogP contribution in [-0.4, -0.2) is 31.4 Å². The van der Waals surface area contributed by atoms with E-state index in [0.29, 0.717) is 24.2 Å². The molecule has 1 saturated carbocycles. The standard InChI is InChI=1S/C21H28N4O/c1-13-9-18(20(25-23-6)26-12-22-5)24-19-16(13)10-15(14-7-8-14)11-17(19)21(2,3)4/h9-11,14,22H,6-8,12H2,1-5H3/b25-20-. The average Bonchev–Trinajstić information content (AvgIpc) is 3.42. The monoisotopic (exact) mass is 352 g/mol. The molecule has 0 atom stereocenters. The smallest absolute Gasteiger partial charge is 0.260 e. The van der Waals surface area contributed by atoms with E-state index in [4.69, 9.17) is 9.72 Å². The first-order chi connectivity index (χ1) is 12.3. The van der Waals surface area contributed by atoms with Crippen molar-refractivity contribution in [1.82, 2.24) is 10.3 Å². The van der Waals surface area contributed by atoms with Gasteiger partial charge in [-0.15, -0.1) is 5.10 Å². The SMILES string of the molecule is C=N/N=C(\OCNC)c1cc(C)c2cc(C3CC3)cc(C(C)(C)C)c2n1. The number of ether oxygens (including phenoxy) is 1. The molecule has 3 rings (SSSR count). The highest BCUT2D eigenvalue weighted by Gasteiger charge is 2.28. The van der Waals surface area contributed by atoms with Gasteiger partial charge in [0, 0.05) is 12.1 Å². The van der Waals surface area contributed by atoms with Gasteiger partial charge in [-0.25, -0.2) is 4.98 Å². The highest BCUT2D eigenvalue weighted by molar-refractivity contribution is 5.97. The molecule has 1 fully saturated rings. The van der Waals surface area contributed by atoms with Crippen molar-refractivity contribution in [2.45, 2.75) is 51.9 Å². The van der Waals surface area contributed by atoms with Gasteiger partial charge in [-0.05, 0) is 67.0 Å². The Labute approximate surface area is 155 Å². The molecule has 1 aromatic heterocycles. The number of rotatable bonds is 5. The normalized spacial score (nSPS) is 15.3. The number of hydrogen-bond donors (Lipinski definition) is 1. The molecule has 5 heteroatoms. The van der Waals surface area contributed by atoms with E-state index in [1.165, 1.54) is 34.9 Å². The van der Waals surface area contributed by atoms with Gasteiger partial charge in [0.15, 0.2) is 0 Å². The van der Waals surface area contributed by atoms with E-state index in [9.17, 15) is 0 Å². The molecule has 0 saturated heterocycles. The third kappa shape index (κ3) is 3.78. The second-order valence-electron chi connectivity index (χ2n) is 8.00. The van der Waals surface area contributed by atoms with Crippen molar-refractivity contribution in [2.75, 3.05) is 13.8 Å². The van der Waals surface area contributed by atoms with Crippen molar-refractivity contribution in [3.05, 3.63) is 40.6 Å². The second kappa shape index (κ2) is 7.16. The number of fused-ring (bicyclic) bond motifs is 1. The Bertz CT molecular complexity index is 860. The predicted octanol–water partition coefficient (Wildman–Crippen LogP) is 4.27. The van der Waals surface area contributed by atoms with E-state index in [1.54, 1.807) is 0 Å². The van der Waals surface area contributed by atoms with Gasteiger partial charge >= 0.3 is 0 Å². The molecule has 2 aromatic rings. The molecule has 0 unspecified atom stereocenters.